The SMILES string of the molecule is BrCC1COC2(O1)c1ccccc1CCc1ccccc12. The number of ether oxygens (including phenoxy) is 2. The summed E-state index contributed by atoms with van der Waals surface area (Å²) in [5.74, 6) is -0.734. The van der Waals surface area contributed by atoms with Gasteiger partial charge in [0.05, 0.1) is 12.7 Å². The first-order valence-electron chi connectivity index (χ1n) is 7.38. The number of benzene rings is 2. The molecule has 1 spiro atoms. The Morgan fingerprint density at radius 1 is 0.952 bits per heavy atom. The van der Waals surface area contributed by atoms with Gasteiger partial charge in [-0.15, -0.1) is 0 Å². The van der Waals surface area contributed by atoms with Crippen LogP contribution in [0.25, 0.3) is 0 Å². The molecule has 2 aliphatic rings. The molecule has 2 nitrogen and oxygen atoms in total. The van der Waals surface area contributed by atoms with E-state index in [1.54, 1.807) is 0 Å². The third kappa shape index (κ3) is 2.07. The van der Waals surface area contributed by atoms with Crippen LogP contribution in [0.1, 0.15) is 22.3 Å². The largest absolute Gasteiger partial charge is 0.339 e. The zero-order valence-corrected chi connectivity index (χ0v) is 13.3. The van der Waals surface area contributed by atoms with Crippen LogP contribution in [0.15, 0.2) is 48.5 Å². The van der Waals surface area contributed by atoms with Crippen LogP contribution < -0.4 is 0 Å². The molecule has 1 fully saturated rings. The Balaban J connectivity index is 1.95. The summed E-state index contributed by atoms with van der Waals surface area (Å²) < 4.78 is 12.7. The molecule has 4 rings (SSSR count). The Morgan fingerprint density at radius 2 is 1.52 bits per heavy atom. The smallest absolute Gasteiger partial charge is 0.223 e. The van der Waals surface area contributed by atoms with E-state index in [1.807, 2.05) is 0 Å². The summed E-state index contributed by atoms with van der Waals surface area (Å²) in [4.78, 5) is 0. The number of fused-ring (bicyclic) bond motifs is 4. The van der Waals surface area contributed by atoms with Crippen LogP contribution in [0.2, 0.25) is 0 Å². The minimum absolute atomic E-state index is 0.0872. The Hall–Kier alpha value is -1.16. The Kier molecular flexibility index (Phi) is 3.37. The van der Waals surface area contributed by atoms with Gasteiger partial charge in [0.2, 0.25) is 5.79 Å². The van der Waals surface area contributed by atoms with E-state index in [4.69, 9.17) is 9.47 Å². The molecule has 3 heteroatoms. The number of halogens is 1. The maximum absolute atomic E-state index is 6.40. The van der Waals surface area contributed by atoms with Crippen molar-refractivity contribution in [2.24, 2.45) is 0 Å². The molecule has 0 bridgehead atoms. The van der Waals surface area contributed by atoms with Gasteiger partial charge in [0.25, 0.3) is 0 Å². The zero-order chi connectivity index (χ0) is 14.3. The van der Waals surface area contributed by atoms with Gasteiger partial charge < -0.3 is 9.47 Å². The highest BCUT2D eigenvalue weighted by atomic mass is 79.9. The topological polar surface area (TPSA) is 18.5 Å². The summed E-state index contributed by atoms with van der Waals surface area (Å²) in [6.07, 6.45) is 2.14. The summed E-state index contributed by atoms with van der Waals surface area (Å²) in [6.45, 7) is 0.619. The van der Waals surface area contributed by atoms with Gasteiger partial charge in [-0.3, -0.25) is 0 Å². The van der Waals surface area contributed by atoms with E-state index in [0.717, 1.165) is 18.2 Å². The van der Waals surface area contributed by atoms with E-state index in [-0.39, 0.29) is 6.10 Å². The minimum atomic E-state index is -0.734. The maximum atomic E-state index is 6.40. The Labute approximate surface area is 133 Å². The number of hydrogen-bond acceptors (Lipinski definition) is 2. The lowest BCUT2D eigenvalue weighted by atomic mass is 9.93. The Morgan fingerprint density at radius 3 is 2.05 bits per heavy atom. The molecular weight excluding hydrogens is 328 g/mol. The molecule has 1 aliphatic heterocycles. The van der Waals surface area contributed by atoms with Gasteiger partial charge in [-0.2, -0.15) is 0 Å². The highest BCUT2D eigenvalue weighted by Gasteiger charge is 2.47. The molecule has 2 aromatic rings. The normalized spacial score (nSPS) is 22.6. The molecule has 0 N–H and O–H groups in total. The predicted molar refractivity (Wildman–Crippen MR) is 85.7 cm³/mol. The van der Waals surface area contributed by atoms with Gasteiger partial charge in [-0.25, -0.2) is 0 Å². The summed E-state index contributed by atoms with van der Waals surface area (Å²) in [7, 11) is 0. The number of alkyl halides is 1. The van der Waals surface area contributed by atoms with Crippen molar-refractivity contribution in [3.8, 4) is 0 Å². The van der Waals surface area contributed by atoms with Crippen LogP contribution in [0, 0.1) is 0 Å². The number of hydrogen-bond donors (Lipinski definition) is 0. The molecule has 108 valence electrons. The number of aryl methyl sites for hydroxylation is 2. The monoisotopic (exact) mass is 344 g/mol. The lowest BCUT2D eigenvalue weighted by molar-refractivity contribution is -0.140. The lowest BCUT2D eigenvalue weighted by Crippen LogP contribution is -2.31. The van der Waals surface area contributed by atoms with Gasteiger partial charge in [0, 0.05) is 16.5 Å². The van der Waals surface area contributed by atoms with Crippen molar-refractivity contribution in [1.29, 1.82) is 0 Å². The molecule has 2 aromatic carbocycles. The fraction of sp³-hybridized carbons (Fsp3) is 0.333. The highest BCUT2D eigenvalue weighted by molar-refractivity contribution is 9.09. The summed E-state index contributed by atoms with van der Waals surface area (Å²) >= 11 is 3.52. The maximum Gasteiger partial charge on any atom is 0.223 e. The minimum Gasteiger partial charge on any atom is -0.339 e. The van der Waals surface area contributed by atoms with Crippen LogP contribution in [-0.4, -0.2) is 18.0 Å². The fourth-order valence-corrected chi connectivity index (χ4v) is 3.72. The first-order chi connectivity index (χ1) is 10.3. The van der Waals surface area contributed by atoms with Crippen molar-refractivity contribution < 1.29 is 9.47 Å². The molecule has 1 aliphatic carbocycles. The van der Waals surface area contributed by atoms with Gasteiger partial charge >= 0.3 is 0 Å². The summed E-state index contributed by atoms with van der Waals surface area (Å²) in [6, 6.07) is 17.0. The molecule has 0 radical (unpaired) electrons. The first kappa shape index (κ1) is 13.5. The first-order valence-corrected chi connectivity index (χ1v) is 8.50. The number of rotatable bonds is 1. The quantitative estimate of drug-likeness (QED) is 0.732. The van der Waals surface area contributed by atoms with Crippen LogP contribution in [0.3, 0.4) is 0 Å². The predicted octanol–water partition coefficient (Wildman–Crippen LogP) is 3.80. The van der Waals surface area contributed by atoms with Crippen molar-refractivity contribution in [1.82, 2.24) is 0 Å². The van der Waals surface area contributed by atoms with Gasteiger partial charge in [0.15, 0.2) is 0 Å². The molecule has 0 aromatic heterocycles. The van der Waals surface area contributed by atoms with E-state index in [1.165, 1.54) is 22.3 Å². The third-order valence-electron chi connectivity index (χ3n) is 4.38. The van der Waals surface area contributed by atoms with Crippen molar-refractivity contribution in [2.75, 3.05) is 11.9 Å². The lowest BCUT2D eigenvalue weighted by Gasteiger charge is -2.30. The van der Waals surface area contributed by atoms with E-state index < -0.39 is 5.79 Å². The third-order valence-corrected chi connectivity index (χ3v) is 5.11. The van der Waals surface area contributed by atoms with E-state index in [0.29, 0.717) is 6.61 Å². The second-order valence-electron chi connectivity index (χ2n) is 5.64. The standard InChI is InChI=1S/C18H17BrO2/c19-11-15-12-20-18(21-15)16-7-3-1-5-13(16)9-10-14-6-2-4-8-17(14)18/h1-8,15H,9-12H2. The molecule has 0 amide bonds. The van der Waals surface area contributed by atoms with Crippen molar-refractivity contribution in [3.05, 3.63) is 70.8 Å². The van der Waals surface area contributed by atoms with Crippen LogP contribution in [0.4, 0.5) is 0 Å². The van der Waals surface area contributed by atoms with Crippen LogP contribution >= 0.6 is 15.9 Å². The van der Waals surface area contributed by atoms with E-state index in [2.05, 4.69) is 64.5 Å². The summed E-state index contributed by atoms with van der Waals surface area (Å²) in [5.41, 5.74) is 4.98. The summed E-state index contributed by atoms with van der Waals surface area (Å²) in [5, 5.41) is 0.791. The van der Waals surface area contributed by atoms with Gasteiger partial charge in [-0.05, 0) is 24.0 Å². The molecule has 0 saturated carbocycles. The highest BCUT2D eigenvalue weighted by Crippen LogP contribution is 2.45. The molecule has 1 unspecified atom stereocenters. The van der Waals surface area contributed by atoms with E-state index in [9.17, 15) is 0 Å². The van der Waals surface area contributed by atoms with Crippen molar-refractivity contribution >= 4 is 15.9 Å². The second kappa shape index (κ2) is 5.24. The molecular formula is C18H17BrO2. The average molecular weight is 345 g/mol. The zero-order valence-electron chi connectivity index (χ0n) is 11.7. The average Bonchev–Trinajstić information content (AvgIpc) is 2.93. The molecule has 1 heterocycles. The fourth-order valence-electron chi connectivity index (χ4n) is 3.40. The second-order valence-corrected chi connectivity index (χ2v) is 6.28. The van der Waals surface area contributed by atoms with Crippen LogP contribution in [-0.2, 0) is 28.1 Å². The molecule has 21 heavy (non-hydrogen) atoms. The molecule has 1 saturated heterocycles. The Bertz CT molecular complexity index is 620. The molecule has 1 atom stereocenters. The van der Waals surface area contributed by atoms with Crippen molar-refractivity contribution in [3.63, 3.8) is 0 Å². The van der Waals surface area contributed by atoms with Crippen molar-refractivity contribution in [2.45, 2.75) is 24.7 Å². The van der Waals surface area contributed by atoms with E-state index >= 15 is 0 Å². The van der Waals surface area contributed by atoms with Gasteiger partial charge in [-0.1, -0.05) is 64.5 Å². The van der Waals surface area contributed by atoms with Gasteiger partial charge in [0.1, 0.15) is 0 Å². The van der Waals surface area contributed by atoms with Crippen LogP contribution in [0.5, 0.6) is 0 Å².